The van der Waals surface area contributed by atoms with Crippen molar-refractivity contribution in [3.05, 3.63) is 24.0 Å². The number of anilines is 1. The molecular weight excluding hydrogens is 274 g/mol. The molecule has 1 fully saturated rings. The summed E-state index contributed by atoms with van der Waals surface area (Å²) >= 11 is 0. The van der Waals surface area contributed by atoms with Crippen molar-refractivity contribution in [3.63, 3.8) is 0 Å². The maximum absolute atomic E-state index is 12.6. The predicted octanol–water partition coefficient (Wildman–Crippen LogP) is 4.09. The number of hydrogen-bond donors (Lipinski definition) is 1. The van der Waals surface area contributed by atoms with Crippen LogP contribution in [0, 0.1) is 0 Å². The van der Waals surface area contributed by atoms with Crippen molar-refractivity contribution in [3.8, 4) is 0 Å². The molecule has 122 valence electrons. The Morgan fingerprint density at radius 1 is 1.23 bits per heavy atom. The topological polar surface area (TPSA) is 45.2 Å². The molecule has 1 amide bonds. The summed E-state index contributed by atoms with van der Waals surface area (Å²) < 4.78 is 0. The van der Waals surface area contributed by atoms with E-state index in [4.69, 9.17) is 0 Å². The second-order valence-electron chi connectivity index (χ2n) is 6.20. The van der Waals surface area contributed by atoms with E-state index < -0.39 is 0 Å². The van der Waals surface area contributed by atoms with E-state index in [1.807, 2.05) is 17.0 Å². The number of pyridine rings is 1. The van der Waals surface area contributed by atoms with Crippen LogP contribution in [0.25, 0.3) is 0 Å². The molecule has 1 aromatic rings. The summed E-state index contributed by atoms with van der Waals surface area (Å²) in [5, 5.41) is 3.57. The summed E-state index contributed by atoms with van der Waals surface area (Å²) in [6, 6.07) is 4.42. The van der Waals surface area contributed by atoms with Crippen molar-refractivity contribution in [1.29, 1.82) is 0 Å². The van der Waals surface area contributed by atoms with Gasteiger partial charge in [-0.25, -0.2) is 0 Å². The Bertz CT molecular complexity index is 463. The molecule has 0 aromatic carbocycles. The number of rotatable bonds is 7. The minimum atomic E-state index is 0.0518. The molecule has 1 saturated carbocycles. The zero-order valence-corrected chi connectivity index (χ0v) is 14.0. The number of carbonyl (C=O) groups excluding carboxylic acids is 1. The van der Waals surface area contributed by atoms with Crippen LogP contribution in [0.5, 0.6) is 0 Å². The van der Waals surface area contributed by atoms with Gasteiger partial charge in [0.1, 0.15) is 5.69 Å². The number of amides is 1. The Labute approximate surface area is 134 Å². The zero-order chi connectivity index (χ0) is 15.8. The first-order chi connectivity index (χ1) is 10.7. The molecule has 0 aliphatic heterocycles. The molecule has 0 spiro atoms. The molecule has 0 radical (unpaired) electrons. The van der Waals surface area contributed by atoms with Crippen molar-refractivity contribution in [1.82, 2.24) is 9.88 Å². The molecule has 0 bridgehead atoms. The van der Waals surface area contributed by atoms with Gasteiger partial charge >= 0.3 is 0 Å². The first kappa shape index (κ1) is 16.8. The van der Waals surface area contributed by atoms with Crippen molar-refractivity contribution in [2.24, 2.45) is 0 Å². The molecule has 4 nitrogen and oxygen atoms in total. The lowest BCUT2D eigenvalue weighted by Gasteiger charge is -2.24. The van der Waals surface area contributed by atoms with Crippen LogP contribution in [0.15, 0.2) is 18.3 Å². The van der Waals surface area contributed by atoms with E-state index in [0.29, 0.717) is 11.7 Å². The molecule has 1 aliphatic carbocycles. The highest BCUT2D eigenvalue weighted by Crippen LogP contribution is 2.22. The summed E-state index contributed by atoms with van der Waals surface area (Å²) in [4.78, 5) is 18.8. The van der Waals surface area contributed by atoms with Gasteiger partial charge in [0.25, 0.3) is 5.91 Å². The summed E-state index contributed by atoms with van der Waals surface area (Å²) in [7, 11) is 0. The fourth-order valence-electron chi connectivity index (χ4n) is 3.14. The van der Waals surface area contributed by atoms with Crippen molar-refractivity contribution >= 4 is 11.6 Å². The average molecular weight is 303 g/mol. The molecule has 0 atom stereocenters. The molecule has 1 N–H and O–H groups in total. The van der Waals surface area contributed by atoms with Gasteiger partial charge in [-0.1, -0.05) is 33.1 Å². The maximum atomic E-state index is 12.6. The molecule has 4 heteroatoms. The molecule has 1 heterocycles. The lowest BCUT2D eigenvalue weighted by Crippen LogP contribution is -2.33. The van der Waals surface area contributed by atoms with E-state index >= 15 is 0 Å². The van der Waals surface area contributed by atoms with E-state index in [0.717, 1.165) is 31.6 Å². The van der Waals surface area contributed by atoms with Gasteiger partial charge in [0.15, 0.2) is 0 Å². The van der Waals surface area contributed by atoms with Crippen LogP contribution in [0.3, 0.4) is 0 Å². The fourth-order valence-corrected chi connectivity index (χ4v) is 3.14. The molecule has 1 aromatic heterocycles. The molecule has 2 rings (SSSR count). The number of aromatic nitrogens is 1. The van der Waals surface area contributed by atoms with Gasteiger partial charge in [0, 0.05) is 31.0 Å². The van der Waals surface area contributed by atoms with E-state index in [-0.39, 0.29) is 5.91 Å². The van der Waals surface area contributed by atoms with Crippen molar-refractivity contribution in [2.45, 2.75) is 64.8 Å². The quantitative estimate of drug-likeness (QED) is 0.825. The monoisotopic (exact) mass is 303 g/mol. The molecule has 0 saturated heterocycles. The largest absolute Gasteiger partial charge is 0.382 e. The van der Waals surface area contributed by atoms with Gasteiger partial charge in [-0.2, -0.15) is 0 Å². The van der Waals surface area contributed by atoms with Gasteiger partial charge in [-0.05, 0) is 37.8 Å². The Morgan fingerprint density at radius 2 is 1.91 bits per heavy atom. The molecule has 1 aliphatic rings. The van der Waals surface area contributed by atoms with Gasteiger partial charge < -0.3 is 10.2 Å². The van der Waals surface area contributed by atoms with Gasteiger partial charge in [-0.3, -0.25) is 9.78 Å². The average Bonchev–Trinajstić information content (AvgIpc) is 2.55. The second kappa shape index (κ2) is 8.76. The van der Waals surface area contributed by atoms with Crippen LogP contribution in [0.2, 0.25) is 0 Å². The lowest BCUT2D eigenvalue weighted by atomic mass is 9.95. The third kappa shape index (κ3) is 4.72. The smallest absolute Gasteiger partial charge is 0.272 e. The minimum absolute atomic E-state index is 0.0518. The van der Waals surface area contributed by atoms with E-state index in [1.165, 1.54) is 32.1 Å². The molecular formula is C18H29N3O. The summed E-state index contributed by atoms with van der Waals surface area (Å²) in [5.74, 6) is 0.0518. The van der Waals surface area contributed by atoms with Gasteiger partial charge in [0.05, 0.1) is 0 Å². The van der Waals surface area contributed by atoms with E-state index in [2.05, 4.69) is 24.1 Å². The van der Waals surface area contributed by atoms with Crippen molar-refractivity contribution < 1.29 is 4.79 Å². The Balaban J connectivity index is 2.04. The van der Waals surface area contributed by atoms with Crippen molar-refractivity contribution in [2.75, 3.05) is 18.4 Å². The SMILES string of the molecule is CCCN(CCC)C(=O)c1cc(NC2CCCCC2)ccn1. The third-order valence-corrected chi connectivity index (χ3v) is 4.23. The highest BCUT2D eigenvalue weighted by atomic mass is 16.2. The van der Waals surface area contributed by atoms with Gasteiger partial charge in [0.2, 0.25) is 0 Å². The highest BCUT2D eigenvalue weighted by Gasteiger charge is 2.17. The molecule has 22 heavy (non-hydrogen) atoms. The van der Waals surface area contributed by atoms with E-state index in [9.17, 15) is 4.79 Å². The lowest BCUT2D eigenvalue weighted by molar-refractivity contribution is 0.0749. The zero-order valence-electron chi connectivity index (χ0n) is 14.0. The fraction of sp³-hybridized carbons (Fsp3) is 0.667. The van der Waals surface area contributed by atoms with Gasteiger partial charge in [-0.15, -0.1) is 0 Å². The number of nitrogens with one attached hydrogen (secondary N) is 1. The first-order valence-corrected chi connectivity index (χ1v) is 8.76. The van der Waals surface area contributed by atoms with Crippen LogP contribution >= 0.6 is 0 Å². The Kier molecular flexibility index (Phi) is 6.69. The van der Waals surface area contributed by atoms with Crippen LogP contribution in [0.4, 0.5) is 5.69 Å². The van der Waals surface area contributed by atoms with Crippen LogP contribution in [-0.4, -0.2) is 34.9 Å². The summed E-state index contributed by atoms with van der Waals surface area (Å²) in [6.45, 7) is 5.80. The Morgan fingerprint density at radius 3 is 2.55 bits per heavy atom. The maximum Gasteiger partial charge on any atom is 0.272 e. The first-order valence-electron chi connectivity index (χ1n) is 8.76. The Hall–Kier alpha value is -1.58. The third-order valence-electron chi connectivity index (χ3n) is 4.23. The van der Waals surface area contributed by atoms with Crippen LogP contribution in [0.1, 0.15) is 69.3 Å². The predicted molar refractivity (Wildman–Crippen MR) is 91.2 cm³/mol. The summed E-state index contributed by atoms with van der Waals surface area (Å²) in [5.41, 5.74) is 1.58. The standard InChI is InChI=1S/C18H29N3O/c1-3-12-21(13-4-2)18(22)17-14-16(10-11-19-17)20-15-8-6-5-7-9-15/h10-11,14-15H,3-9,12-13H2,1-2H3,(H,19,20). The minimum Gasteiger partial charge on any atom is -0.382 e. The highest BCUT2D eigenvalue weighted by molar-refractivity contribution is 5.93. The van der Waals surface area contributed by atoms with Crippen LogP contribution in [-0.2, 0) is 0 Å². The van der Waals surface area contributed by atoms with Crippen LogP contribution < -0.4 is 5.32 Å². The number of nitrogens with zero attached hydrogens (tertiary/aromatic N) is 2. The normalized spacial score (nSPS) is 15.5. The second-order valence-corrected chi connectivity index (χ2v) is 6.20. The number of hydrogen-bond acceptors (Lipinski definition) is 3. The molecule has 0 unspecified atom stereocenters. The number of carbonyl (C=O) groups is 1. The summed E-state index contributed by atoms with van der Waals surface area (Å²) in [6.07, 6.45) is 10.1. The van der Waals surface area contributed by atoms with E-state index in [1.54, 1.807) is 6.20 Å².